The van der Waals surface area contributed by atoms with Gasteiger partial charge in [-0.15, -0.1) is 0 Å². The number of likely N-dealkylation sites (N-methyl/N-ethyl adjacent to an activating group) is 1. The zero-order chi connectivity index (χ0) is 13.0. The van der Waals surface area contributed by atoms with Gasteiger partial charge in [-0.25, -0.2) is 9.40 Å². The first-order valence-corrected chi connectivity index (χ1v) is 6.44. The number of nitrogens with zero attached hydrogens (tertiary/aromatic N) is 1. The summed E-state index contributed by atoms with van der Waals surface area (Å²) in [6, 6.07) is 6.14. The number of hydrogen-bond acceptors (Lipinski definition) is 2. The SMILES string of the molecule is C[NH+]1CCN(NC(=S)Nc2ccc(F)cc2)CC1. The molecule has 1 aromatic rings. The maximum Gasteiger partial charge on any atom is 0.185 e. The summed E-state index contributed by atoms with van der Waals surface area (Å²) in [6.07, 6.45) is 0. The molecule has 0 amide bonds. The van der Waals surface area contributed by atoms with Gasteiger partial charge < -0.3 is 10.2 Å². The number of hydrazine groups is 1. The van der Waals surface area contributed by atoms with E-state index < -0.39 is 0 Å². The summed E-state index contributed by atoms with van der Waals surface area (Å²) in [5.41, 5.74) is 3.93. The molecular weight excluding hydrogens is 251 g/mol. The molecule has 2 rings (SSSR count). The van der Waals surface area contributed by atoms with Crippen molar-refractivity contribution < 1.29 is 9.29 Å². The molecule has 0 unspecified atom stereocenters. The molecule has 3 N–H and O–H groups in total. The van der Waals surface area contributed by atoms with Gasteiger partial charge in [0.15, 0.2) is 5.11 Å². The van der Waals surface area contributed by atoms with Gasteiger partial charge in [-0.2, -0.15) is 0 Å². The molecule has 0 aliphatic carbocycles. The molecule has 1 saturated heterocycles. The van der Waals surface area contributed by atoms with Crippen molar-refractivity contribution >= 4 is 23.0 Å². The van der Waals surface area contributed by atoms with Crippen molar-refractivity contribution in [3.63, 3.8) is 0 Å². The first kappa shape index (κ1) is 13.2. The average Bonchev–Trinajstić information content (AvgIpc) is 2.35. The highest BCUT2D eigenvalue weighted by Gasteiger charge is 2.16. The predicted molar refractivity (Wildman–Crippen MR) is 74.0 cm³/mol. The molecule has 4 nitrogen and oxygen atoms in total. The number of nitrogens with one attached hydrogen (secondary N) is 3. The minimum Gasteiger partial charge on any atom is -0.335 e. The Morgan fingerprint density at radius 2 is 1.89 bits per heavy atom. The highest BCUT2D eigenvalue weighted by atomic mass is 32.1. The Bertz CT molecular complexity index is 401. The van der Waals surface area contributed by atoms with Gasteiger partial charge in [0.05, 0.1) is 33.2 Å². The van der Waals surface area contributed by atoms with Crippen molar-refractivity contribution in [2.75, 3.05) is 38.5 Å². The lowest BCUT2D eigenvalue weighted by Crippen LogP contribution is -3.12. The zero-order valence-corrected chi connectivity index (χ0v) is 11.2. The molecule has 0 saturated carbocycles. The molecular formula is C12H18FN4S+. The highest BCUT2D eigenvalue weighted by Crippen LogP contribution is 2.07. The van der Waals surface area contributed by atoms with Crippen molar-refractivity contribution in [2.45, 2.75) is 0 Å². The van der Waals surface area contributed by atoms with E-state index in [-0.39, 0.29) is 5.82 Å². The van der Waals surface area contributed by atoms with Gasteiger partial charge >= 0.3 is 0 Å². The molecule has 0 atom stereocenters. The van der Waals surface area contributed by atoms with E-state index in [4.69, 9.17) is 12.2 Å². The summed E-state index contributed by atoms with van der Waals surface area (Å²) in [6.45, 7) is 4.15. The Labute approximate surface area is 112 Å². The van der Waals surface area contributed by atoms with E-state index >= 15 is 0 Å². The third-order valence-electron chi connectivity index (χ3n) is 2.98. The summed E-state index contributed by atoms with van der Waals surface area (Å²) >= 11 is 5.21. The number of halogens is 1. The lowest BCUT2D eigenvalue weighted by molar-refractivity contribution is -0.884. The van der Waals surface area contributed by atoms with E-state index in [0.29, 0.717) is 5.11 Å². The molecule has 1 fully saturated rings. The van der Waals surface area contributed by atoms with Crippen LogP contribution in [0.2, 0.25) is 0 Å². The van der Waals surface area contributed by atoms with Crippen LogP contribution in [0.1, 0.15) is 0 Å². The van der Waals surface area contributed by atoms with Crippen LogP contribution in [0.4, 0.5) is 10.1 Å². The molecule has 0 radical (unpaired) electrons. The number of benzene rings is 1. The average molecular weight is 269 g/mol. The van der Waals surface area contributed by atoms with E-state index in [0.717, 1.165) is 31.9 Å². The Balaban J connectivity index is 1.80. The Morgan fingerprint density at radius 1 is 1.28 bits per heavy atom. The first-order valence-electron chi connectivity index (χ1n) is 6.03. The summed E-state index contributed by atoms with van der Waals surface area (Å²) in [7, 11) is 2.19. The van der Waals surface area contributed by atoms with Crippen LogP contribution in [0, 0.1) is 5.82 Å². The fraction of sp³-hybridized carbons (Fsp3) is 0.417. The van der Waals surface area contributed by atoms with E-state index in [1.54, 1.807) is 12.1 Å². The largest absolute Gasteiger partial charge is 0.335 e. The van der Waals surface area contributed by atoms with Gasteiger partial charge in [0.25, 0.3) is 0 Å². The number of piperazine rings is 1. The van der Waals surface area contributed by atoms with E-state index in [1.165, 1.54) is 17.0 Å². The third-order valence-corrected chi connectivity index (χ3v) is 3.17. The Kier molecular flexibility index (Phi) is 4.46. The lowest BCUT2D eigenvalue weighted by Gasteiger charge is -2.30. The highest BCUT2D eigenvalue weighted by molar-refractivity contribution is 7.80. The molecule has 1 heterocycles. The maximum atomic E-state index is 12.7. The second-order valence-corrected chi connectivity index (χ2v) is 4.93. The standard InChI is InChI=1S/C12H17FN4S/c1-16-6-8-17(9-7-16)15-12(18)14-11-4-2-10(13)3-5-11/h2-5H,6-9H2,1H3,(H2,14,15,18)/p+1. The number of thiocarbonyl (C=S) groups is 1. The molecule has 0 aromatic heterocycles. The monoisotopic (exact) mass is 269 g/mol. The second kappa shape index (κ2) is 6.08. The van der Waals surface area contributed by atoms with Crippen molar-refractivity contribution in [3.05, 3.63) is 30.1 Å². The summed E-state index contributed by atoms with van der Waals surface area (Å²) in [4.78, 5) is 1.53. The smallest absolute Gasteiger partial charge is 0.185 e. The number of rotatable bonds is 2. The zero-order valence-electron chi connectivity index (χ0n) is 10.4. The fourth-order valence-electron chi connectivity index (χ4n) is 1.84. The van der Waals surface area contributed by atoms with Crippen molar-refractivity contribution in [2.24, 2.45) is 0 Å². The van der Waals surface area contributed by atoms with Crippen LogP contribution in [-0.2, 0) is 0 Å². The molecule has 6 heteroatoms. The van der Waals surface area contributed by atoms with Crippen LogP contribution in [0.25, 0.3) is 0 Å². The lowest BCUT2D eigenvalue weighted by atomic mass is 10.3. The van der Waals surface area contributed by atoms with Crippen LogP contribution >= 0.6 is 12.2 Å². The van der Waals surface area contributed by atoms with Crippen LogP contribution in [-0.4, -0.2) is 43.3 Å². The Hall–Kier alpha value is -1.24. The molecule has 0 bridgehead atoms. The van der Waals surface area contributed by atoms with Crippen LogP contribution in [0.5, 0.6) is 0 Å². The molecule has 1 aliphatic rings. The summed E-state index contributed by atoms with van der Waals surface area (Å²) in [5.74, 6) is -0.249. The van der Waals surface area contributed by atoms with Gasteiger partial charge in [-0.3, -0.25) is 5.43 Å². The minimum absolute atomic E-state index is 0.249. The first-order chi connectivity index (χ1) is 8.63. The van der Waals surface area contributed by atoms with Crippen molar-refractivity contribution in [1.29, 1.82) is 0 Å². The van der Waals surface area contributed by atoms with Gasteiger partial charge in [0.2, 0.25) is 0 Å². The number of quaternary nitrogens is 1. The fourth-order valence-corrected chi connectivity index (χ4v) is 2.08. The number of hydrogen-bond donors (Lipinski definition) is 3. The summed E-state index contributed by atoms with van der Waals surface area (Å²) < 4.78 is 12.7. The van der Waals surface area contributed by atoms with Gasteiger partial charge in [-0.05, 0) is 36.5 Å². The molecule has 1 aromatic carbocycles. The van der Waals surface area contributed by atoms with E-state index in [1.807, 2.05) is 0 Å². The molecule has 98 valence electrons. The Morgan fingerprint density at radius 3 is 2.50 bits per heavy atom. The quantitative estimate of drug-likeness (QED) is 0.652. The van der Waals surface area contributed by atoms with Gasteiger partial charge in [-0.1, -0.05) is 0 Å². The van der Waals surface area contributed by atoms with Crippen molar-refractivity contribution in [1.82, 2.24) is 10.4 Å². The normalized spacial score (nSPS) is 17.4. The topological polar surface area (TPSA) is 31.7 Å². The third kappa shape index (κ3) is 3.90. The second-order valence-electron chi connectivity index (χ2n) is 4.52. The molecule has 1 aliphatic heterocycles. The number of anilines is 1. The van der Waals surface area contributed by atoms with Gasteiger partial charge in [0.1, 0.15) is 5.82 Å². The van der Waals surface area contributed by atoms with Crippen molar-refractivity contribution in [3.8, 4) is 0 Å². The maximum absolute atomic E-state index is 12.7. The molecule has 18 heavy (non-hydrogen) atoms. The van der Waals surface area contributed by atoms with E-state index in [9.17, 15) is 4.39 Å². The molecule has 0 spiro atoms. The minimum atomic E-state index is -0.249. The van der Waals surface area contributed by atoms with Gasteiger partial charge in [0, 0.05) is 5.69 Å². The predicted octanol–water partition coefficient (Wildman–Crippen LogP) is -0.143. The van der Waals surface area contributed by atoms with Crippen LogP contribution in [0.3, 0.4) is 0 Å². The van der Waals surface area contributed by atoms with Crippen LogP contribution in [0.15, 0.2) is 24.3 Å². The summed E-state index contributed by atoms with van der Waals surface area (Å²) in [5, 5.41) is 5.68. The van der Waals surface area contributed by atoms with E-state index in [2.05, 4.69) is 22.8 Å². The van der Waals surface area contributed by atoms with Crippen LogP contribution < -0.4 is 15.6 Å².